The van der Waals surface area contributed by atoms with Gasteiger partial charge in [-0.15, -0.1) is 0 Å². The molecular weight excluding hydrogens is 392 g/mol. The van der Waals surface area contributed by atoms with Crippen LogP contribution in [0.15, 0.2) is 60.7 Å². The molecule has 2 aromatic rings. The number of ether oxygens (including phenoxy) is 1. The van der Waals surface area contributed by atoms with Gasteiger partial charge in [-0.3, -0.25) is 9.59 Å². The Morgan fingerprint density at radius 2 is 1.38 bits per heavy atom. The summed E-state index contributed by atoms with van der Waals surface area (Å²) in [5.41, 5.74) is 1.11. The third kappa shape index (κ3) is 4.84. The van der Waals surface area contributed by atoms with Crippen molar-refractivity contribution in [2.75, 3.05) is 17.7 Å². The Balaban J connectivity index is 1.77. The number of halogens is 1. The number of methoxy groups -OCH3 is 1. The van der Waals surface area contributed by atoms with Crippen molar-refractivity contribution in [3.63, 3.8) is 0 Å². The van der Waals surface area contributed by atoms with Gasteiger partial charge in [0.2, 0.25) is 11.8 Å². The van der Waals surface area contributed by atoms with Gasteiger partial charge in [-0.05, 0) is 37.1 Å². The zero-order chi connectivity index (χ0) is 20.8. The van der Waals surface area contributed by atoms with E-state index in [-0.39, 0.29) is 17.4 Å². The molecule has 29 heavy (non-hydrogen) atoms. The van der Waals surface area contributed by atoms with E-state index in [1.807, 2.05) is 12.2 Å². The Kier molecular flexibility index (Phi) is 6.67. The number of hydrogen-bond donors (Lipinski definition) is 2. The molecule has 0 aliphatic heterocycles. The number of carbonyl (C=O) groups excluding carboxylic acids is 3. The van der Waals surface area contributed by atoms with E-state index >= 15 is 0 Å². The first-order chi connectivity index (χ1) is 14.0. The standard InChI is InChI=1S/C22H21ClN2O4/c1-29-22(28)16-10-4-6-12-18(16)24-20(26)14-8-2-3-9-15(14)21(27)25-19-13-7-5-11-17(19)23/h2-7,10-15H,8-9H2,1H3,(H,24,26)(H,25,27). The number of carbonyl (C=O) groups is 3. The van der Waals surface area contributed by atoms with E-state index in [1.165, 1.54) is 7.11 Å². The molecule has 3 rings (SSSR count). The minimum absolute atomic E-state index is 0.256. The van der Waals surface area contributed by atoms with Crippen molar-refractivity contribution in [1.82, 2.24) is 0 Å². The van der Waals surface area contributed by atoms with Gasteiger partial charge in [0.15, 0.2) is 0 Å². The van der Waals surface area contributed by atoms with E-state index < -0.39 is 17.8 Å². The highest BCUT2D eigenvalue weighted by atomic mass is 35.5. The lowest BCUT2D eigenvalue weighted by Crippen LogP contribution is -2.37. The first-order valence-corrected chi connectivity index (χ1v) is 9.57. The van der Waals surface area contributed by atoms with Crippen LogP contribution in [0.4, 0.5) is 11.4 Å². The van der Waals surface area contributed by atoms with Crippen LogP contribution in [0.3, 0.4) is 0 Å². The summed E-state index contributed by atoms with van der Waals surface area (Å²) in [6.07, 6.45) is 4.64. The molecule has 1 aliphatic carbocycles. The molecule has 1 aliphatic rings. The predicted molar refractivity (Wildman–Crippen MR) is 112 cm³/mol. The number of benzene rings is 2. The van der Waals surface area contributed by atoms with Gasteiger partial charge >= 0.3 is 5.97 Å². The average Bonchev–Trinajstić information content (AvgIpc) is 2.75. The summed E-state index contributed by atoms with van der Waals surface area (Å²) in [5, 5.41) is 6.02. The number of para-hydroxylation sites is 2. The number of rotatable bonds is 5. The smallest absolute Gasteiger partial charge is 0.339 e. The van der Waals surface area contributed by atoms with Crippen molar-refractivity contribution in [3.8, 4) is 0 Å². The van der Waals surface area contributed by atoms with Crippen LogP contribution in [0.2, 0.25) is 5.02 Å². The van der Waals surface area contributed by atoms with Gasteiger partial charge in [0.05, 0.1) is 40.9 Å². The maximum absolute atomic E-state index is 13.0. The summed E-state index contributed by atoms with van der Waals surface area (Å²) in [6.45, 7) is 0. The highest BCUT2D eigenvalue weighted by Crippen LogP contribution is 2.30. The van der Waals surface area contributed by atoms with Crippen molar-refractivity contribution in [2.45, 2.75) is 12.8 Å². The number of allylic oxidation sites excluding steroid dienone is 2. The molecule has 0 saturated carbocycles. The molecule has 0 bridgehead atoms. The van der Waals surface area contributed by atoms with Crippen molar-refractivity contribution < 1.29 is 19.1 Å². The second kappa shape index (κ2) is 9.39. The van der Waals surface area contributed by atoms with E-state index in [2.05, 4.69) is 10.6 Å². The minimum Gasteiger partial charge on any atom is -0.465 e. The Bertz CT molecular complexity index is 957. The Hall–Kier alpha value is -3.12. The molecule has 0 saturated heterocycles. The van der Waals surface area contributed by atoms with Gasteiger partial charge < -0.3 is 15.4 Å². The van der Waals surface area contributed by atoms with Crippen LogP contribution in [0.5, 0.6) is 0 Å². The third-order valence-corrected chi connectivity index (χ3v) is 5.16. The van der Waals surface area contributed by atoms with Crippen LogP contribution in [-0.4, -0.2) is 24.9 Å². The van der Waals surface area contributed by atoms with Crippen molar-refractivity contribution in [1.29, 1.82) is 0 Å². The molecule has 2 aromatic carbocycles. The summed E-state index contributed by atoms with van der Waals surface area (Å²) in [7, 11) is 1.28. The number of nitrogens with one attached hydrogen (secondary N) is 2. The molecule has 6 nitrogen and oxygen atoms in total. The molecule has 2 atom stereocenters. The van der Waals surface area contributed by atoms with Gasteiger partial charge in [-0.2, -0.15) is 0 Å². The monoisotopic (exact) mass is 412 g/mol. The molecule has 0 aromatic heterocycles. The third-order valence-electron chi connectivity index (χ3n) is 4.83. The van der Waals surface area contributed by atoms with E-state index in [1.54, 1.807) is 48.5 Å². The van der Waals surface area contributed by atoms with Gasteiger partial charge in [0, 0.05) is 0 Å². The second-order valence-electron chi connectivity index (χ2n) is 6.65. The number of esters is 1. The molecule has 7 heteroatoms. The second-order valence-corrected chi connectivity index (χ2v) is 7.06. The topological polar surface area (TPSA) is 84.5 Å². The largest absolute Gasteiger partial charge is 0.465 e. The highest BCUT2D eigenvalue weighted by Gasteiger charge is 2.34. The fourth-order valence-corrected chi connectivity index (χ4v) is 3.47. The van der Waals surface area contributed by atoms with Crippen LogP contribution < -0.4 is 10.6 Å². The first kappa shape index (κ1) is 20.6. The van der Waals surface area contributed by atoms with Crippen molar-refractivity contribution in [2.24, 2.45) is 11.8 Å². The van der Waals surface area contributed by atoms with Crippen LogP contribution >= 0.6 is 11.6 Å². The quantitative estimate of drug-likeness (QED) is 0.566. The molecule has 0 spiro atoms. The lowest BCUT2D eigenvalue weighted by atomic mass is 9.81. The van der Waals surface area contributed by atoms with Crippen molar-refractivity contribution in [3.05, 3.63) is 71.3 Å². The van der Waals surface area contributed by atoms with E-state index in [0.29, 0.717) is 29.2 Å². The zero-order valence-electron chi connectivity index (χ0n) is 15.9. The Morgan fingerprint density at radius 1 is 0.862 bits per heavy atom. The maximum Gasteiger partial charge on any atom is 0.339 e. The van der Waals surface area contributed by atoms with Crippen LogP contribution in [-0.2, 0) is 14.3 Å². The van der Waals surface area contributed by atoms with Gasteiger partial charge in [0.1, 0.15) is 0 Å². The Labute approximate surface area is 173 Å². The summed E-state index contributed by atoms with van der Waals surface area (Å²) >= 11 is 6.12. The number of anilines is 2. The molecule has 2 unspecified atom stereocenters. The Morgan fingerprint density at radius 3 is 1.97 bits per heavy atom. The molecule has 2 N–H and O–H groups in total. The van der Waals surface area contributed by atoms with Crippen molar-refractivity contribution >= 4 is 40.8 Å². The van der Waals surface area contributed by atoms with E-state index in [9.17, 15) is 14.4 Å². The molecule has 2 amide bonds. The van der Waals surface area contributed by atoms with Gasteiger partial charge in [-0.25, -0.2) is 4.79 Å². The molecule has 0 fully saturated rings. The van der Waals surface area contributed by atoms with Crippen LogP contribution in [0, 0.1) is 11.8 Å². The average molecular weight is 413 g/mol. The van der Waals surface area contributed by atoms with Gasteiger partial charge in [0.25, 0.3) is 0 Å². The van der Waals surface area contributed by atoms with E-state index in [4.69, 9.17) is 16.3 Å². The SMILES string of the molecule is COC(=O)c1ccccc1NC(=O)C1CC=CCC1C(=O)Nc1ccccc1Cl. The van der Waals surface area contributed by atoms with Crippen LogP contribution in [0.25, 0.3) is 0 Å². The predicted octanol–water partition coefficient (Wildman–Crippen LogP) is 4.29. The summed E-state index contributed by atoms with van der Waals surface area (Å²) in [6, 6.07) is 13.5. The van der Waals surface area contributed by atoms with Crippen LogP contribution in [0.1, 0.15) is 23.2 Å². The van der Waals surface area contributed by atoms with Gasteiger partial charge in [-0.1, -0.05) is 48.0 Å². The summed E-state index contributed by atoms with van der Waals surface area (Å²) in [4.78, 5) is 37.8. The lowest BCUT2D eigenvalue weighted by molar-refractivity contribution is -0.129. The fourth-order valence-electron chi connectivity index (χ4n) is 3.29. The molecule has 0 heterocycles. The fraction of sp³-hybridized carbons (Fsp3) is 0.227. The van der Waals surface area contributed by atoms with E-state index in [0.717, 1.165) is 0 Å². The molecule has 0 radical (unpaired) electrons. The summed E-state index contributed by atoms with van der Waals surface area (Å²) < 4.78 is 4.76. The molecule has 150 valence electrons. The maximum atomic E-state index is 13.0. The number of amides is 2. The number of hydrogen-bond acceptors (Lipinski definition) is 4. The normalized spacial score (nSPS) is 18.0. The molecular formula is C22H21ClN2O4. The zero-order valence-corrected chi connectivity index (χ0v) is 16.6. The minimum atomic E-state index is -0.576. The lowest BCUT2D eigenvalue weighted by Gasteiger charge is -2.27. The first-order valence-electron chi connectivity index (χ1n) is 9.20. The summed E-state index contributed by atoms with van der Waals surface area (Å²) in [5.74, 6) is -2.28. The highest BCUT2D eigenvalue weighted by molar-refractivity contribution is 6.33.